The standard InChI is InChI=1S/C20H22ClN3O2/c1-20(2,26-17-8-6-16(21)7-9-17)19(25)23-12-4-13-24-14-10-15-5-3-11-22-18(15)24/h3,5-11,14H,4,12-13H2,1-2H3,(H,23,25). The summed E-state index contributed by atoms with van der Waals surface area (Å²) in [7, 11) is 0. The van der Waals surface area contributed by atoms with Crippen molar-refractivity contribution in [3.8, 4) is 5.75 Å². The SMILES string of the molecule is CC(C)(Oc1ccc(Cl)cc1)C(=O)NCCCn1ccc2cccnc21. The van der Waals surface area contributed by atoms with Crippen LogP contribution in [0.2, 0.25) is 5.02 Å². The van der Waals surface area contributed by atoms with Crippen LogP contribution in [0.1, 0.15) is 20.3 Å². The highest BCUT2D eigenvalue weighted by Gasteiger charge is 2.29. The Morgan fingerprint density at radius 1 is 1.23 bits per heavy atom. The fourth-order valence-electron chi connectivity index (χ4n) is 2.71. The summed E-state index contributed by atoms with van der Waals surface area (Å²) in [4.78, 5) is 16.8. The molecular formula is C20H22ClN3O2. The van der Waals surface area contributed by atoms with E-state index in [0.29, 0.717) is 17.3 Å². The Hall–Kier alpha value is -2.53. The van der Waals surface area contributed by atoms with Crippen molar-refractivity contribution in [3.05, 3.63) is 59.9 Å². The molecule has 1 N–H and O–H groups in total. The summed E-state index contributed by atoms with van der Waals surface area (Å²) in [6.07, 6.45) is 4.62. The first-order chi connectivity index (χ1) is 12.5. The molecule has 3 aromatic rings. The summed E-state index contributed by atoms with van der Waals surface area (Å²) in [5.41, 5.74) is 0.000408. The van der Waals surface area contributed by atoms with Crippen molar-refractivity contribution in [2.24, 2.45) is 0 Å². The van der Waals surface area contributed by atoms with Gasteiger partial charge in [-0.15, -0.1) is 0 Å². The van der Waals surface area contributed by atoms with Gasteiger partial charge in [-0.1, -0.05) is 11.6 Å². The van der Waals surface area contributed by atoms with Gasteiger partial charge < -0.3 is 14.6 Å². The summed E-state index contributed by atoms with van der Waals surface area (Å²) < 4.78 is 7.89. The number of hydrogen-bond donors (Lipinski definition) is 1. The zero-order valence-corrected chi connectivity index (χ0v) is 15.7. The molecule has 0 aliphatic carbocycles. The van der Waals surface area contributed by atoms with Gasteiger partial charge in [0.05, 0.1) is 0 Å². The molecule has 0 spiro atoms. The highest BCUT2D eigenvalue weighted by Crippen LogP contribution is 2.21. The van der Waals surface area contributed by atoms with Gasteiger partial charge in [0.1, 0.15) is 11.4 Å². The quantitative estimate of drug-likeness (QED) is 0.637. The van der Waals surface area contributed by atoms with E-state index in [4.69, 9.17) is 16.3 Å². The van der Waals surface area contributed by atoms with E-state index in [1.807, 2.05) is 24.4 Å². The average molecular weight is 372 g/mol. The van der Waals surface area contributed by atoms with Crippen molar-refractivity contribution in [2.75, 3.05) is 6.54 Å². The molecule has 0 saturated carbocycles. The maximum absolute atomic E-state index is 12.4. The summed E-state index contributed by atoms with van der Waals surface area (Å²) in [5.74, 6) is 0.461. The van der Waals surface area contributed by atoms with Gasteiger partial charge in [-0.3, -0.25) is 4.79 Å². The molecule has 3 rings (SSSR count). The number of carbonyl (C=O) groups excluding carboxylic acids is 1. The first-order valence-corrected chi connectivity index (χ1v) is 8.96. The van der Waals surface area contributed by atoms with E-state index in [1.165, 1.54) is 0 Å². The molecule has 1 aromatic carbocycles. The second-order valence-corrected chi connectivity index (χ2v) is 7.04. The molecule has 26 heavy (non-hydrogen) atoms. The number of halogens is 1. The van der Waals surface area contributed by atoms with Crippen molar-refractivity contribution < 1.29 is 9.53 Å². The number of carbonyl (C=O) groups is 1. The van der Waals surface area contributed by atoms with Gasteiger partial charge in [-0.05, 0) is 62.7 Å². The van der Waals surface area contributed by atoms with Gasteiger partial charge in [0.25, 0.3) is 5.91 Å². The Morgan fingerprint density at radius 2 is 2.00 bits per heavy atom. The third-order valence-corrected chi connectivity index (χ3v) is 4.37. The zero-order valence-electron chi connectivity index (χ0n) is 14.9. The molecule has 5 nitrogen and oxygen atoms in total. The van der Waals surface area contributed by atoms with E-state index in [-0.39, 0.29) is 5.91 Å². The minimum Gasteiger partial charge on any atom is -0.478 e. The molecule has 0 radical (unpaired) electrons. The number of pyridine rings is 1. The van der Waals surface area contributed by atoms with Crippen molar-refractivity contribution in [1.29, 1.82) is 0 Å². The number of rotatable bonds is 7. The van der Waals surface area contributed by atoms with Crippen LogP contribution >= 0.6 is 11.6 Å². The Bertz CT molecular complexity index is 887. The Labute approximate surface area is 157 Å². The van der Waals surface area contributed by atoms with Gasteiger partial charge >= 0.3 is 0 Å². The van der Waals surface area contributed by atoms with Crippen molar-refractivity contribution >= 4 is 28.5 Å². The average Bonchev–Trinajstić information content (AvgIpc) is 3.03. The van der Waals surface area contributed by atoms with Crippen molar-refractivity contribution in [3.63, 3.8) is 0 Å². The van der Waals surface area contributed by atoms with Crippen LogP contribution in [0.3, 0.4) is 0 Å². The number of nitrogens with one attached hydrogen (secondary N) is 1. The maximum Gasteiger partial charge on any atom is 0.263 e. The third kappa shape index (κ3) is 4.35. The minimum absolute atomic E-state index is 0.150. The van der Waals surface area contributed by atoms with Crippen LogP contribution in [0.5, 0.6) is 5.75 Å². The Kier molecular flexibility index (Phi) is 5.47. The van der Waals surface area contributed by atoms with Crippen LogP contribution in [-0.4, -0.2) is 27.6 Å². The molecule has 136 valence electrons. The minimum atomic E-state index is -0.963. The second-order valence-electron chi connectivity index (χ2n) is 6.60. The molecule has 0 aliphatic heterocycles. The first kappa shape index (κ1) is 18.3. The van der Waals surface area contributed by atoms with Crippen LogP contribution in [0.4, 0.5) is 0 Å². The van der Waals surface area contributed by atoms with Crippen LogP contribution in [0, 0.1) is 0 Å². The molecule has 1 amide bonds. The molecule has 0 atom stereocenters. The third-order valence-electron chi connectivity index (χ3n) is 4.12. The molecule has 0 saturated heterocycles. The number of hydrogen-bond acceptors (Lipinski definition) is 3. The van der Waals surface area contributed by atoms with E-state index in [9.17, 15) is 4.79 Å². The highest BCUT2D eigenvalue weighted by molar-refractivity contribution is 6.30. The van der Waals surface area contributed by atoms with Gasteiger partial charge in [-0.25, -0.2) is 4.98 Å². The van der Waals surface area contributed by atoms with E-state index in [2.05, 4.69) is 14.9 Å². The van der Waals surface area contributed by atoms with Crippen LogP contribution in [0.25, 0.3) is 11.0 Å². The van der Waals surface area contributed by atoms with Gasteiger partial charge in [0, 0.05) is 35.9 Å². The largest absolute Gasteiger partial charge is 0.478 e. The Morgan fingerprint density at radius 3 is 2.77 bits per heavy atom. The fraction of sp³-hybridized carbons (Fsp3) is 0.300. The topological polar surface area (TPSA) is 56.1 Å². The lowest BCUT2D eigenvalue weighted by Gasteiger charge is -2.25. The first-order valence-electron chi connectivity index (χ1n) is 8.58. The second kappa shape index (κ2) is 7.79. The summed E-state index contributed by atoms with van der Waals surface area (Å²) in [5, 5.41) is 4.69. The molecule has 0 unspecified atom stereocenters. The molecule has 2 heterocycles. The predicted molar refractivity (Wildman–Crippen MR) is 104 cm³/mol. The number of aryl methyl sites for hydroxylation is 1. The fourth-order valence-corrected chi connectivity index (χ4v) is 2.83. The van der Waals surface area contributed by atoms with E-state index in [0.717, 1.165) is 24.0 Å². The Balaban J connectivity index is 1.49. The van der Waals surface area contributed by atoms with Gasteiger partial charge in [0.2, 0.25) is 0 Å². The monoisotopic (exact) mass is 371 g/mol. The number of fused-ring (bicyclic) bond motifs is 1. The van der Waals surface area contributed by atoms with E-state index < -0.39 is 5.60 Å². The normalized spacial score (nSPS) is 11.5. The number of aromatic nitrogens is 2. The molecule has 0 bridgehead atoms. The van der Waals surface area contributed by atoms with Gasteiger partial charge in [0.15, 0.2) is 5.60 Å². The summed E-state index contributed by atoms with van der Waals surface area (Å²) >= 11 is 5.87. The van der Waals surface area contributed by atoms with E-state index >= 15 is 0 Å². The van der Waals surface area contributed by atoms with E-state index in [1.54, 1.807) is 44.3 Å². The zero-order chi connectivity index (χ0) is 18.6. The molecule has 6 heteroatoms. The van der Waals surface area contributed by atoms with Gasteiger partial charge in [-0.2, -0.15) is 0 Å². The molecule has 2 aromatic heterocycles. The van der Waals surface area contributed by atoms with Crippen LogP contribution in [-0.2, 0) is 11.3 Å². The molecule has 0 aliphatic rings. The molecule has 0 fully saturated rings. The lowest BCUT2D eigenvalue weighted by molar-refractivity contribution is -0.134. The number of amides is 1. The summed E-state index contributed by atoms with van der Waals surface area (Å²) in [6, 6.07) is 13.0. The van der Waals surface area contributed by atoms with Crippen molar-refractivity contribution in [2.45, 2.75) is 32.4 Å². The lowest BCUT2D eigenvalue weighted by Crippen LogP contribution is -2.46. The highest BCUT2D eigenvalue weighted by atomic mass is 35.5. The number of nitrogens with zero attached hydrogens (tertiary/aromatic N) is 2. The van der Waals surface area contributed by atoms with Crippen LogP contribution < -0.4 is 10.1 Å². The number of benzene rings is 1. The smallest absolute Gasteiger partial charge is 0.263 e. The van der Waals surface area contributed by atoms with Crippen molar-refractivity contribution in [1.82, 2.24) is 14.9 Å². The summed E-state index contributed by atoms with van der Waals surface area (Å²) in [6.45, 7) is 4.86. The lowest BCUT2D eigenvalue weighted by atomic mass is 10.1. The van der Waals surface area contributed by atoms with Crippen LogP contribution in [0.15, 0.2) is 54.9 Å². The number of ether oxygens (including phenoxy) is 1. The molecular weight excluding hydrogens is 350 g/mol. The predicted octanol–water partition coefficient (Wildman–Crippen LogP) is 4.05. The maximum atomic E-state index is 12.4.